The lowest BCUT2D eigenvalue weighted by Crippen LogP contribution is -2.32. The summed E-state index contributed by atoms with van der Waals surface area (Å²) in [6, 6.07) is 10.5. The van der Waals surface area contributed by atoms with Crippen LogP contribution in [0.5, 0.6) is 0 Å². The average molecular weight is 423 g/mol. The lowest BCUT2D eigenvalue weighted by molar-refractivity contribution is 0.266. The van der Waals surface area contributed by atoms with E-state index in [2.05, 4.69) is 67.3 Å². The molecule has 7 heteroatoms. The van der Waals surface area contributed by atoms with Crippen LogP contribution in [-0.2, 0) is 0 Å². The molecule has 2 N–H and O–H groups in total. The van der Waals surface area contributed by atoms with E-state index in [1.165, 1.54) is 4.90 Å². The lowest BCUT2D eigenvalue weighted by atomic mass is 10.2. The number of nitrogens with one attached hydrogen (secondary N) is 1. The van der Waals surface area contributed by atoms with Gasteiger partial charge >= 0.3 is 0 Å². The predicted molar refractivity (Wildman–Crippen MR) is 107 cm³/mol. The zero-order valence-electron chi connectivity index (χ0n) is 14.2. The van der Waals surface area contributed by atoms with E-state index in [9.17, 15) is 5.11 Å². The highest BCUT2D eigenvalue weighted by molar-refractivity contribution is 9.10. The predicted octanol–water partition coefficient (Wildman–Crippen LogP) is 3.79. The second-order valence-electron chi connectivity index (χ2n) is 6.20. The maximum absolute atomic E-state index is 9.49. The highest BCUT2D eigenvalue weighted by Crippen LogP contribution is 2.26. The number of aromatic nitrogens is 2. The quantitative estimate of drug-likeness (QED) is 0.661. The van der Waals surface area contributed by atoms with Crippen LogP contribution in [-0.4, -0.2) is 46.1 Å². The van der Waals surface area contributed by atoms with Crippen molar-refractivity contribution in [2.75, 3.05) is 29.9 Å². The normalized spacial score (nSPS) is 18.4. The van der Waals surface area contributed by atoms with Crippen molar-refractivity contribution >= 4 is 39.3 Å². The Morgan fingerprint density at radius 3 is 2.92 bits per heavy atom. The van der Waals surface area contributed by atoms with Gasteiger partial charge in [-0.25, -0.2) is 9.97 Å². The number of nitrogens with zero attached hydrogens (tertiary/aromatic N) is 3. The van der Waals surface area contributed by atoms with Crippen LogP contribution in [0.1, 0.15) is 19.8 Å². The maximum Gasteiger partial charge on any atom is 0.134 e. The van der Waals surface area contributed by atoms with Gasteiger partial charge in [0, 0.05) is 33.8 Å². The first-order valence-electron chi connectivity index (χ1n) is 8.51. The second-order valence-corrected chi connectivity index (χ2v) is 8.62. The summed E-state index contributed by atoms with van der Waals surface area (Å²) in [4.78, 5) is 12.1. The SMILES string of the molecule is CC(CNc1cc(N2CCCC2CO)ncn1)Sc1ccc(Br)cc1. The van der Waals surface area contributed by atoms with Crippen molar-refractivity contribution in [3.8, 4) is 0 Å². The number of halogens is 1. The molecule has 0 spiro atoms. The van der Waals surface area contributed by atoms with Crippen molar-refractivity contribution in [3.05, 3.63) is 41.1 Å². The average Bonchev–Trinajstić information content (AvgIpc) is 3.11. The van der Waals surface area contributed by atoms with Crippen LogP contribution < -0.4 is 10.2 Å². The fourth-order valence-corrected chi connectivity index (χ4v) is 4.15. The fraction of sp³-hybridized carbons (Fsp3) is 0.444. The molecule has 0 bridgehead atoms. The van der Waals surface area contributed by atoms with Gasteiger partial charge in [0.25, 0.3) is 0 Å². The number of rotatable bonds is 7. The number of anilines is 2. The Morgan fingerprint density at radius 2 is 2.16 bits per heavy atom. The molecule has 1 aliphatic rings. The maximum atomic E-state index is 9.49. The van der Waals surface area contributed by atoms with Crippen LogP contribution in [0.2, 0.25) is 0 Å². The Balaban J connectivity index is 1.56. The summed E-state index contributed by atoms with van der Waals surface area (Å²) >= 11 is 5.30. The molecule has 5 nitrogen and oxygen atoms in total. The van der Waals surface area contributed by atoms with E-state index in [1.54, 1.807) is 6.33 Å². The molecule has 0 amide bonds. The highest BCUT2D eigenvalue weighted by atomic mass is 79.9. The molecule has 2 aromatic rings. The van der Waals surface area contributed by atoms with Crippen LogP contribution in [0.3, 0.4) is 0 Å². The fourth-order valence-electron chi connectivity index (χ4n) is 2.96. The Morgan fingerprint density at radius 1 is 1.36 bits per heavy atom. The van der Waals surface area contributed by atoms with Gasteiger partial charge in [0.1, 0.15) is 18.0 Å². The number of aliphatic hydroxyl groups excluding tert-OH is 1. The van der Waals surface area contributed by atoms with Crippen molar-refractivity contribution in [2.24, 2.45) is 0 Å². The Kier molecular flexibility index (Phi) is 6.56. The van der Waals surface area contributed by atoms with Crippen LogP contribution >= 0.6 is 27.7 Å². The van der Waals surface area contributed by atoms with Crippen LogP contribution in [0, 0.1) is 0 Å². The Labute approximate surface area is 161 Å². The standard InChI is InChI=1S/C18H23BrN4OS/c1-13(25-16-6-4-14(19)5-7-16)10-20-17-9-18(22-12-21-17)23-8-2-3-15(23)11-24/h4-7,9,12-13,15,24H,2-3,8,10-11H2,1H3,(H,20,21,22). The zero-order chi connectivity index (χ0) is 17.6. The molecule has 2 unspecified atom stereocenters. The van der Waals surface area contributed by atoms with E-state index in [1.807, 2.05) is 17.8 Å². The molecule has 2 atom stereocenters. The molecular weight excluding hydrogens is 400 g/mol. The number of aliphatic hydroxyl groups is 1. The molecule has 0 radical (unpaired) electrons. The molecule has 25 heavy (non-hydrogen) atoms. The summed E-state index contributed by atoms with van der Waals surface area (Å²) in [5.74, 6) is 1.72. The summed E-state index contributed by atoms with van der Waals surface area (Å²) in [7, 11) is 0. The van der Waals surface area contributed by atoms with Gasteiger partial charge in [-0.2, -0.15) is 0 Å². The monoisotopic (exact) mass is 422 g/mol. The molecule has 1 saturated heterocycles. The third kappa shape index (κ3) is 5.09. The summed E-state index contributed by atoms with van der Waals surface area (Å²) < 4.78 is 1.10. The minimum atomic E-state index is 0.174. The minimum Gasteiger partial charge on any atom is -0.394 e. The summed E-state index contributed by atoms with van der Waals surface area (Å²) in [5.41, 5.74) is 0. The van der Waals surface area contributed by atoms with E-state index in [-0.39, 0.29) is 12.6 Å². The van der Waals surface area contributed by atoms with E-state index >= 15 is 0 Å². The van der Waals surface area contributed by atoms with Gasteiger partial charge in [-0.05, 0) is 37.1 Å². The van der Waals surface area contributed by atoms with E-state index < -0.39 is 0 Å². The number of thioether (sulfide) groups is 1. The first-order valence-corrected chi connectivity index (χ1v) is 10.2. The highest BCUT2D eigenvalue weighted by Gasteiger charge is 2.25. The molecule has 0 aliphatic carbocycles. The smallest absolute Gasteiger partial charge is 0.134 e. The van der Waals surface area contributed by atoms with Crippen molar-refractivity contribution < 1.29 is 5.11 Å². The molecule has 1 aromatic heterocycles. The second kappa shape index (κ2) is 8.87. The molecule has 134 valence electrons. The molecule has 0 saturated carbocycles. The molecule has 1 aliphatic heterocycles. The molecule has 1 fully saturated rings. The molecular formula is C18H23BrN4OS. The van der Waals surface area contributed by atoms with Crippen molar-refractivity contribution in [1.82, 2.24) is 9.97 Å². The van der Waals surface area contributed by atoms with E-state index in [0.29, 0.717) is 5.25 Å². The van der Waals surface area contributed by atoms with Gasteiger partial charge in [0.2, 0.25) is 0 Å². The minimum absolute atomic E-state index is 0.174. The van der Waals surface area contributed by atoms with Crippen molar-refractivity contribution in [3.63, 3.8) is 0 Å². The molecule has 3 rings (SSSR count). The van der Waals surface area contributed by atoms with Gasteiger partial charge in [-0.15, -0.1) is 11.8 Å². The zero-order valence-corrected chi connectivity index (χ0v) is 16.6. The van der Waals surface area contributed by atoms with Crippen LogP contribution in [0.15, 0.2) is 46.0 Å². The number of hydrogen-bond acceptors (Lipinski definition) is 6. The van der Waals surface area contributed by atoms with Gasteiger partial charge in [-0.3, -0.25) is 0 Å². The topological polar surface area (TPSA) is 61.3 Å². The lowest BCUT2D eigenvalue weighted by Gasteiger charge is -2.24. The third-order valence-corrected chi connectivity index (χ3v) is 5.90. The Bertz CT molecular complexity index is 685. The van der Waals surface area contributed by atoms with Gasteiger partial charge in [0.05, 0.1) is 12.6 Å². The first kappa shape index (κ1) is 18.5. The largest absolute Gasteiger partial charge is 0.394 e. The van der Waals surface area contributed by atoms with E-state index in [0.717, 1.165) is 42.0 Å². The summed E-state index contributed by atoms with van der Waals surface area (Å²) in [5, 5.41) is 13.3. The van der Waals surface area contributed by atoms with Crippen molar-refractivity contribution in [1.29, 1.82) is 0 Å². The van der Waals surface area contributed by atoms with E-state index in [4.69, 9.17) is 0 Å². The summed E-state index contributed by atoms with van der Waals surface area (Å²) in [6.07, 6.45) is 3.71. The third-order valence-electron chi connectivity index (χ3n) is 4.26. The van der Waals surface area contributed by atoms with Crippen LogP contribution in [0.25, 0.3) is 0 Å². The number of hydrogen-bond donors (Lipinski definition) is 2. The summed E-state index contributed by atoms with van der Waals surface area (Å²) in [6.45, 7) is 4.13. The Hall–Kier alpha value is -1.31. The van der Waals surface area contributed by atoms with Gasteiger partial charge < -0.3 is 15.3 Å². The molecule has 2 heterocycles. The first-order chi connectivity index (χ1) is 12.2. The van der Waals surface area contributed by atoms with Gasteiger partial charge in [0.15, 0.2) is 0 Å². The number of benzene rings is 1. The van der Waals surface area contributed by atoms with Gasteiger partial charge in [-0.1, -0.05) is 22.9 Å². The van der Waals surface area contributed by atoms with Crippen molar-refractivity contribution in [2.45, 2.75) is 36.0 Å². The van der Waals surface area contributed by atoms with Crippen LogP contribution in [0.4, 0.5) is 11.6 Å². The molecule has 1 aromatic carbocycles.